The number of thioether (sulfide) groups is 1. The lowest BCUT2D eigenvalue weighted by Gasteiger charge is -2.22. The fourth-order valence-electron chi connectivity index (χ4n) is 2.84. The lowest BCUT2D eigenvalue weighted by atomic mass is 9.95. The summed E-state index contributed by atoms with van der Waals surface area (Å²) in [5, 5.41) is 3.69. The van der Waals surface area contributed by atoms with Crippen molar-refractivity contribution in [3.63, 3.8) is 0 Å². The van der Waals surface area contributed by atoms with Gasteiger partial charge in [0.1, 0.15) is 0 Å². The van der Waals surface area contributed by atoms with E-state index in [-0.39, 0.29) is 0 Å². The molecular formula is C10H19NS. The van der Waals surface area contributed by atoms with Crippen molar-refractivity contribution in [2.75, 3.05) is 18.6 Å². The first-order valence-corrected chi connectivity index (χ1v) is 6.52. The largest absolute Gasteiger partial charge is 0.313 e. The monoisotopic (exact) mass is 185 g/mol. The topological polar surface area (TPSA) is 12.0 Å². The summed E-state index contributed by atoms with van der Waals surface area (Å²) in [5.41, 5.74) is 0. The minimum absolute atomic E-state index is 0.885. The molecule has 0 amide bonds. The predicted octanol–water partition coefficient (Wildman–Crippen LogP) is 2.13. The molecule has 0 aromatic carbocycles. The molecule has 2 saturated carbocycles. The highest BCUT2D eigenvalue weighted by Gasteiger charge is 2.38. The maximum atomic E-state index is 3.69. The summed E-state index contributed by atoms with van der Waals surface area (Å²) in [5.74, 6) is 3.40. The summed E-state index contributed by atoms with van der Waals surface area (Å²) in [6.45, 7) is 1.22. The van der Waals surface area contributed by atoms with Crippen molar-refractivity contribution >= 4 is 11.8 Å². The molecule has 0 aromatic heterocycles. The summed E-state index contributed by atoms with van der Waals surface area (Å²) >= 11 is 1.94. The van der Waals surface area contributed by atoms with E-state index in [0.717, 1.165) is 17.9 Å². The molecule has 0 saturated heterocycles. The van der Waals surface area contributed by atoms with Crippen molar-refractivity contribution in [2.45, 2.75) is 31.7 Å². The molecule has 1 N–H and O–H groups in total. The smallest absolute Gasteiger partial charge is 0.00984 e. The van der Waals surface area contributed by atoms with Crippen LogP contribution in [0.15, 0.2) is 0 Å². The normalized spacial score (nSPS) is 39.2. The summed E-state index contributed by atoms with van der Waals surface area (Å²) in [6, 6.07) is 0.885. The molecule has 3 atom stereocenters. The van der Waals surface area contributed by atoms with Crippen LogP contribution in [0.5, 0.6) is 0 Å². The number of hydrogen-bond acceptors (Lipinski definition) is 2. The molecule has 0 radical (unpaired) electrons. The second kappa shape index (κ2) is 4.01. The van der Waals surface area contributed by atoms with Gasteiger partial charge in [0.05, 0.1) is 0 Å². The van der Waals surface area contributed by atoms with E-state index in [1.54, 1.807) is 0 Å². The summed E-state index contributed by atoms with van der Waals surface area (Å²) in [6.07, 6.45) is 8.20. The van der Waals surface area contributed by atoms with Crippen molar-refractivity contribution in [1.82, 2.24) is 5.32 Å². The van der Waals surface area contributed by atoms with E-state index in [0.29, 0.717) is 0 Å². The highest BCUT2D eigenvalue weighted by atomic mass is 32.2. The molecular weight excluding hydrogens is 166 g/mol. The van der Waals surface area contributed by atoms with Crippen LogP contribution in [-0.2, 0) is 0 Å². The van der Waals surface area contributed by atoms with Crippen LogP contribution in [0.1, 0.15) is 25.7 Å². The van der Waals surface area contributed by atoms with E-state index >= 15 is 0 Å². The molecule has 12 heavy (non-hydrogen) atoms. The van der Waals surface area contributed by atoms with Crippen molar-refractivity contribution in [3.05, 3.63) is 0 Å². The minimum Gasteiger partial charge on any atom is -0.313 e. The van der Waals surface area contributed by atoms with Gasteiger partial charge in [-0.15, -0.1) is 0 Å². The predicted molar refractivity (Wildman–Crippen MR) is 55.6 cm³/mol. The number of hydrogen-bond donors (Lipinski definition) is 1. The van der Waals surface area contributed by atoms with Gasteiger partial charge in [0.15, 0.2) is 0 Å². The van der Waals surface area contributed by atoms with Gasteiger partial charge in [-0.1, -0.05) is 6.42 Å². The molecule has 70 valence electrons. The average molecular weight is 185 g/mol. The zero-order chi connectivity index (χ0) is 8.39. The molecule has 2 aliphatic carbocycles. The molecule has 2 fully saturated rings. The Morgan fingerprint density at radius 1 is 1.33 bits per heavy atom. The van der Waals surface area contributed by atoms with E-state index in [4.69, 9.17) is 0 Å². The first-order valence-electron chi connectivity index (χ1n) is 5.12. The van der Waals surface area contributed by atoms with E-state index in [1.807, 2.05) is 11.8 Å². The summed E-state index contributed by atoms with van der Waals surface area (Å²) < 4.78 is 0. The molecule has 1 nitrogen and oxygen atoms in total. The van der Waals surface area contributed by atoms with Gasteiger partial charge < -0.3 is 5.32 Å². The minimum atomic E-state index is 0.885. The second-order valence-electron chi connectivity index (χ2n) is 4.23. The zero-order valence-corrected chi connectivity index (χ0v) is 8.70. The lowest BCUT2D eigenvalue weighted by Crippen LogP contribution is -2.35. The van der Waals surface area contributed by atoms with E-state index in [9.17, 15) is 0 Å². The molecule has 0 aromatic rings. The highest BCUT2D eigenvalue weighted by Crippen LogP contribution is 2.44. The Morgan fingerprint density at radius 2 is 2.25 bits per heavy atom. The second-order valence-corrected chi connectivity index (χ2v) is 5.21. The van der Waals surface area contributed by atoms with Crippen LogP contribution in [0.4, 0.5) is 0 Å². The van der Waals surface area contributed by atoms with Crippen LogP contribution in [-0.4, -0.2) is 24.6 Å². The Balaban J connectivity index is 1.69. The summed E-state index contributed by atoms with van der Waals surface area (Å²) in [4.78, 5) is 0. The third-order valence-corrected chi connectivity index (χ3v) is 4.06. The molecule has 2 aliphatic rings. The van der Waals surface area contributed by atoms with E-state index < -0.39 is 0 Å². The van der Waals surface area contributed by atoms with Gasteiger partial charge in [-0.05, 0) is 37.4 Å². The molecule has 2 bridgehead atoms. The van der Waals surface area contributed by atoms with Gasteiger partial charge in [-0.2, -0.15) is 11.8 Å². The van der Waals surface area contributed by atoms with Crippen molar-refractivity contribution < 1.29 is 0 Å². The Bertz CT molecular complexity index is 149. The molecule has 0 spiro atoms. The van der Waals surface area contributed by atoms with Crippen LogP contribution in [0.25, 0.3) is 0 Å². The maximum absolute atomic E-state index is 3.69. The Hall–Kier alpha value is 0.310. The zero-order valence-electron chi connectivity index (χ0n) is 7.88. The van der Waals surface area contributed by atoms with Crippen molar-refractivity contribution in [3.8, 4) is 0 Å². The molecule has 2 heteroatoms. The highest BCUT2D eigenvalue weighted by molar-refractivity contribution is 7.98. The van der Waals surface area contributed by atoms with Crippen LogP contribution in [0.2, 0.25) is 0 Å². The molecule has 0 aliphatic heterocycles. The third-order valence-electron chi connectivity index (χ3n) is 3.45. The van der Waals surface area contributed by atoms with Gasteiger partial charge in [0, 0.05) is 18.3 Å². The fourth-order valence-corrected chi connectivity index (χ4v) is 3.16. The standard InChI is InChI=1S/C10H19NS/c1-12-5-4-11-10-7-8-2-3-9(10)6-8/h8-11H,2-7H2,1H3. The first kappa shape index (κ1) is 8.89. The Kier molecular flexibility index (Phi) is 2.97. The van der Waals surface area contributed by atoms with Gasteiger partial charge in [-0.25, -0.2) is 0 Å². The Labute approximate surface area is 79.7 Å². The Morgan fingerprint density at radius 3 is 2.83 bits per heavy atom. The van der Waals surface area contributed by atoms with Gasteiger partial charge in [-0.3, -0.25) is 0 Å². The van der Waals surface area contributed by atoms with Crippen LogP contribution < -0.4 is 5.32 Å². The van der Waals surface area contributed by atoms with E-state index in [1.165, 1.54) is 38.0 Å². The van der Waals surface area contributed by atoms with Crippen LogP contribution in [0.3, 0.4) is 0 Å². The maximum Gasteiger partial charge on any atom is 0.00984 e. The van der Waals surface area contributed by atoms with Gasteiger partial charge in [0.25, 0.3) is 0 Å². The molecule has 0 heterocycles. The fraction of sp³-hybridized carbons (Fsp3) is 1.00. The first-order chi connectivity index (χ1) is 5.90. The summed E-state index contributed by atoms with van der Waals surface area (Å²) in [7, 11) is 0. The van der Waals surface area contributed by atoms with Crippen LogP contribution >= 0.6 is 11.8 Å². The van der Waals surface area contributed by atoms with Gasteiger partial charge >= 0.3 is 0 Å². The quantitative estimate of drug-likeness (QED) is 0.673. The number of rotatable bonds is 4. The molecule has 3 unspecified atom stereocenters. The van der Waals surface area contributed by atoms with Crippen molar-refractivity contribution in [1.29, 1.82) is 0 Å². The van der Waals surface area contributed by atoms with Crippen LogP contribution in [0, 0.1) is 11.8 Å². The number of nitrogens with one attached hydrogen (secondary N) is 1. The average Bonchev–Trinajstić information content (AvgIpc) is 2.65. The number of fused-ring (bicyclic) bond motifs is 2. The van der Waals surface area contributed by atoms with Gasteiger partial charge in [0.2, 0.25) is 0 Å². The van der Waals surface area contributed by atoms with Crippen molar-refractivity contribution in [2.24, 2.45) is 11.8 Å². The molecule has 2 rings (SSSR count). The van der Waals surface area contributed by atoms with E-state index in [2.05, 4.69) is 11.6 Å². The third kappa shape index (κ3) is 1.80. The SMILES string of the molecule is CSCCNC1CC2CCC1C2. The lowest BCUT2D eigenvalue weighted by molar-refractivity contribution is 0.359.